The number of halogens is 1. The number of likely N-dealkylation sites (N-methyl/N-ethyl adjacent to an activating group) is 1. The van der Waals surface area contributed by atoms with E-state index >= 15 is 0 Å². The first kappa shape index (κ1) is 17.8. The number of fused-ring (bicyclic) bond motifs is 1. The summed E-state index contributed by atoms with van der Waals surface area (Å²) >= 11 is 1.63. The van der Waals surface area contributed by atoms with Crippen molar-refractivity contribution in [1.29, 1.82) is 0 Å². The van der Waals surface area contributed by atoms with Crippen molar-refractivity contribution in [3.05, 3.63) is 58.9 Å². The van der Waals surface area contributed by atoms with Gasteiger partial charge in [-0.05, 0) is 42.9 Å². The number of hydrogen-bond donors (Lipinski definition) is 1. The highest BCUT2D eigenvalue weighted by atomic mass is 32.1. The van der Waals surface area contributed by atoms with E-state index in [9.17, 15) is 4.39 Å². The fraction of sp³-hybridized carbons (Fsp3) is 0.316. The molecule has 0 unspecified atom stereocenters. The molecule has 6 heteroatoms. The lowest BCUT2D eigenvalue weighted by Gasteiger charge is -2.15. The molecular weight excluding hydrogens is 339 g/mol. The Morgan fingerprint density at radius 1 is 1.16 bits per heavy atom. The molecule has 0 aliphatic heterocycles. The Labute approximate surface area is 150 Å². The molecule has 0 spiro atoms. The number of aliphatic hydroxyl groups excluding tert-OH is 1. The maximum atomic E-state index is 13.0. The third-order valence-corrected chi connectivity index (χ3v) is 4.91. The first-order chi connectivity index (χ1) is 12.1. The third-order valence-electron chi connectivity index (χ3n) is 3.90. The Bertz CT molecular complexity index is 820. The van der Waals surface area contributed by atoms with E-state index in [0.29, 0.717) is 19.6 Å². The van der Waals surface area contributed by atoms with Gasteiger partial charge < -0.3 is 14.7 Å². The molecular formula is C19H21FN2O2S. The summed E-state index contributed by atoms with van der Waals surface area (Å²) in [5, 5.41) is 9.89. The third kappa shape index (κ3) is 4.98. The van der Waals surface area contributed by atoms with E-state index in [1.165, 1.54) is 12.1 Å². The second-order valence-electron chi connectivity index (χ2n) is 5.92. The minimum atomic E-state index is -0.223. The van der Waals surface area contributed by atoms with Crippen LogP contribution < -0.4 is 4.74 Å². The summed E-state index contributed by atoms with van der Waals surface area (Å²) in [7, 11) is 1.95. The molecule has 0 radical (unpaired) electrons. The van der Waals surface area contributed by atoms with Crippen LogP contribution in [0.25, 0.3) is 10.2 Å². The van der Waals surface area contributed by atoms with E-state index in [0.717, 1.165) is 33.1 Å². The van der Waals surface area contributed by atoms with E-state index < -0.39 is 0 Å². The van der Waals surface area contributed by atoms with Crippen LogP contribution in [0.4, 0.5) is 4.39 Å². The van der Waals surface area contributed by atoms with Gasteiger partial charge in [0.05, 0.1) is 21.8 Å². The van der Waals surface area contributed by atoms with Gasteiger partial charge in [-0.15, -0.1) is 11.3 Å². The van der Waals surface area contributed by atoms with Crippen molar-refractivity contribution < 1.29 is 14.2 Å². The standard InChI is InChI=1S/C19H21FN2O2S/c1-22(8-10-23)9-11-24-16-6-7-17-18(13-16)25-19(21-17)12-14-2-4-15(20)5-3-14/h2-7,13,23H,8-12H2,1H3. The van der Waals surface area contributed by atoms with Crippen LogP contribution in [0.1, 0.15) is 10.6 Å². The van der Waals surface area contributed by atoms with Gasteiger partial charge in [-0.25, -0.2) is 9.37 Å². The van der Waals surface area contributed by atoms with Crippen LogP contribution in [0.15, 0.2) is 42.5 Å². The van der Waals surface area contributed by atoms with E-state index in [2.05, 4.69) is 4.98 Å². The summed E-state index contributed by atoms with van der Waals surface area (Å²) in [6.07, 6.45) is 0.696. The van der Waals surface area contributed by atoms with Crippen molar-refractivity contribution in [2.24, 2.45) is 0 Å². The van der Waals surface area contributed by atoms with Crippen molar-refractivity contribution >= 4 is 21.6 Å². The first-order valence-electron chi connectivity index (χ1n) is 8.20. The SMILES string of the molecule is CN(CCO)CCOc1ccc2nc(Cc3ccc(F)cc3)sc2c1. The van der Waals surface area contributed by atoms with Gasteiger partial charge in [-0.3, -0.25) is 0 Å². The molecule has 1 heterocycles. The van der Waals surface area contributed by atoms with Crippen LogP contribution in [0.2, 0.25) is 0 Å². The van der Waals surface area contributed by atoms with Gasteiger partial charge >= 0.3 is 0 Å². The number of benzene rings is 2. The van der Waals surface area contributed by atoms with Crippen LogP contribution in [0.5, 0.6) is 5.75 Å². The fourth-order valence-electron chi connectivity index (χ4n) is 2.50. The van der Waals surface area contributed by atoms with Crippen LogP contribution in [0, 0.1) is 5.82 Å². The zero-order chi connectivity index (χ0) is 17.6. The molecule has 0 amide bonds. The lowest BCUT2D eigenvalue weighted by Crippen LogP contribution is -2.27. The number of nitrogens with zero attached hydrogens (tertiary/aromatic N) is 2. The lowest BCUT2D eigenvalue weighted by molar-refractivity contribution is 0.192. The van der Waals surface area contributed by atoms with Gasteiger partial charge in [-0.1, -0.05) is 12.1 Å². The van der Waals surface area contributed by atoms with Gasteiger partial charge in [-0.2, -0.15) is 0 Å². The maximum Gasteiger partial charge on any atom is 0.123 e. The number of aliphatic hydroxyl groups is 1. The molecule has 132 valence electrons. The van der Waals surface area contributed by atoms with Crippen LogP contribution in [0.3, 0.4) is 0 Å². The largest absolute Gasteiger partial charge is 0.492 e. The Balaban J connectivity index is 1.63. The summed E-state index contributed by atoms with van der Waals surface area (Å²) in [4.78, 5) is 6.66. The molecule has 0 atom stereocenters. The van der Waals surface area contributed by atoms with Gasteiger partial charge in [0.25, 0.3) is 0 Å². The first-order valence-corrected chi connectivity index (χ1v) is 9.02. The van der Waals surface area contributed by atoms with Gasteiger partial charge in [0.1, 0.15) is 18.2 Å². The van der Waals surface area contributed by atoms with Crippen molar-refractivity contribution in [2.75, 3.05) is 33.4 Å². The molecule has 2 aromatic carbocycles. The molecule has 1 aromatic heterocycles. The molecule has 1 N–H and O–H groups in total. The predicted molar refractivity (Wildman–Crippen MR) is 98.9 cm³/mol. The Hall–Kier alpha value is -2.02. The molecule has 3 aromatic rings. The zero-order valence-corrected chi connectivity index (χ0v) is 14.9. The number of hydrogen-bond acceptors (Lipinski definition) is 5. The summed E-state index contributed by atoms with van der Waals surface area (Å²) in [5.41, 5.74) is 2.00. The van der Waals surface area contributed by atoms with Crippen LogP contribution in [-0.2, 0) is 6.42 Å². The number of rotatable bonds is 8. The van der Waals surface area contributed by atoms with Crippen LogP contribution >= 0.6 is 11.3 Å². The number of ether oxygens (including phenoxy) is 1. The molecule has 25 heavy (non-hydrogen) atoms. The quantitative estimate of drug-likeness (QED) is 0.669. The average molecular weight is 360 g/mol. The molecule has 4 nitrogen and oxygen atoms in total. The molecule has 0 bridgehead atoms. The van der Waals surface area contributed by atoms with E-state index in [1.807, 2.05) is 30.1 Å². The second-order valence-corrected chi connectivity index (χ2v) is 7.03. The van der Waals surface area contributed by atoms with E-state index in [1.54, 1.807) is 23.5 Å². The highest BCUT2D eigenvalue weighted by Crippen LogP contribution is 2.27. The molecule has 3 rings (SSSR count). The minimum absolute atomic E-state index is 0.153. The van der Waals surface area contributed by atoms with Crippen molar-refractivity contribution in [3.63, 3.8) is 0 Å². The smallest absolute Gasteiger partial charge is 0.123 e. The van der Waals surface area contributed by atoms with Gasteiger partial charge in [0.2, 0.25) is 0 Å². The number of aromatic nitrogens is 1. The van der Waals surface area contributed by atoms with Crippen molar-refractivity contribution in [1.82, 2.24) is 9.88 Å². The highest BCUT2D eigenvalue weighted by Gasteiger charge is 2.07. The molecule has 0 aliphatic rings. The van der Waals surface area contributed by atoms with Crippen molar-refractivity contribution in [3.8, 4) is 5.75 Å². The highest BCUT2D eigenvalue weighted by molar-refractivity contribution is 7.18. The van der Waals surface area contributed by atoms with Crippen LogP contribution in [-0.4, -0.2) is 48.3 Å². The van der Waals surface area contributed by atoms with E-state index in [-0.39, 0.29) is 12.4 Å². The Morgan fingerprint density at radius 3 is 2.72 bits per heavy atom. The van der Waals surface area contributed by atoms with Gasteiger partial charge in [0.15, 0.2) is 0 Å². The molecule has 0 fully saturated rings. The second kappa shape index (κ2) is 8.38. The average Bonchev–Trinajstić information content (AvgIpc) is 2.99. The monoisotopic (exact) mass is 360 g/mol. The predicted octanol–water partition coefficient (Wildman–Crippen LogP) is 3.33. The fourth-order valence-corrected chi connectivity index (χ4v) is 3.53. The molecule has 0 saturated carbocycles. The van der Waals surface area contributed by atoms with Crippen molar-refractivity contribution in [2.45, 2.75) is 6.42 Å². The summed E-state index contributed by atoms with van der Waals surface area (Å²) in [6, 6.07) is 12.4. The zero-order valence-electron chi connectivity index (χ0n) is 14.1. The number of thiazole rings is 1. The molecule has 0 aliphatic carbocycles. The molecule has 0 saturated heterocycles. The Morgan fingerprint density at radius 2 is 1.96 bits per heavy atom. The lowest BCUT2D eigenvalue weighted by atomic mass is 10.1. The maximum absolute atomic E-state index is 13.0. The minimum Gasteiger partial charge on any atom is -0.492 e. The summed E-state index contributed by atoms with van der Waals surface area (Å²) < 4.78 is 19.9. The topological polar surface area (TPSA) is 45.6 Å². The van der Waals surface area contributed by atoms with E-state index in [4.69, 9.17) is 9.84 Å². The van der Waals surface area contributed by atoms with Gasteiger partial charge in [0, 0.05) is 19.5 Å². The summed E-state index contributed by atoms with van der Waals surface area (Å²) in [6.45, 7) is 2.13. The Kier molecular flexibility index (Phi) is 5.96. The normalized spacial score (nSPS) is 11.4. The summed E-state index contributed by atoms with van der Waals surface area (Å²) in [5.74, 6) is 0.598.